The predicted octanol–water partition coefficient (Wildman–Crippen LogP) is 5.50. The van der Waals surface area contributed by atoms with Gasteiger partial charge in [-0.2, -0.15) is 18.3 Å². The van der Waals surface area contributed by atoms with Gasteiger partial charge in [-0.3, -0.25) is 10.00 Å². The average Bonchev–Trinajstić information content (AvgIpc) is 3.24. The summed E-state index contributed by atoms with van der Waals surface area (Å²) in [7, 11) is 0. The first-order valence-electron chi connectivity index (χ1n) is 11.0. The number of H-pyrrole nitrogens is 1. The summed E-state index contributed by atoms with van der Waals surface area (Å²) in [5.74, 6) is 1.62. The molecule has 0 unspecified atom stereocenters. The standard InChI is InChI=1S/C25H23F3N6/c1-16-13-22(33-32-16)30-24-20-15-34(14-17-5-3-2-4-6-17)12-11-21(20)29-23(31-24)18-7-9-19(10-8-18)25(26,27)28/h2-10,13H,11-12,14-15H2,1H3,(H2,29,30,31,32,33). The van der Waals surface area contributed by atoms with Crippen LogP contribution in [0.3, 0.4) is 0 Å². The molecule has 34 heavy (non-hydrogen) atoms. The van der Waals surface area contributed by atoms with E-state index in [-0.39, 0.29) is 0 Å². The summed E-state index contributed by atoms with van der Waals surface area (Å²) in [6.45, 7) is 4.19. The van der Waals surface area contributed by atoms with Gasteiger partial charge in [0.25, 0.3) is 0 Å². The highest BCUT2D eigenvalue weighted by molar-refractivity contribution is 5.64. The van der Waals surface area contributed by atoms with Gasteiger partial charge in [-0.1, -0.05) is 42.5 Å². The van der Waals surface area contributed by atoms with E-state index < -0.39 is 11.7 Å². The van der Waals surface area contributed by atoms with Gasteiger partial charge in [0, 0.05) is 48.9 Å². The summed E-state index contributed by atoms with van der Waals surface area (Å²) in [6.07, 6.45) is -3.67. The summed E-state index contributed by atoms with van der Waals surface area (Å²) >= 11 is 0. The Morgan fingerprint density at radius 2 is 1.79 bits per heavy atom. The quantitative estimate of drug-likeness (QED) is 0.408. The highest BCUT2D eigenvalue weighted by Gasteiger charge is 2.30. The molecule has 6 nitrogen and oxygen atoms in total. The van der Waals surface area contributed by atoms with Gasteiger partial charge in [0.05, 0.1) is 11.3 Å². The van der Waals surface area contributed by atoms with Gasteiger partial charge in [0.2, 0.25) is 0 Å². The van der Waals surface area contributed by atoms with Crippen molar-refractivity contribution < 1.29 is 13.2 Å². The van der Waals surface area contributed by atoms with Crippen LogP contribution in [0.25, 0.3) is 11.4 Å². The van der Waals surface area contributed by atoms with Crippen molar-refractivity contribution in [1.82, 2.24) is 25.1 Å². The van der Waals surface area contributed by atoms with Crippen molar-refractivity contribution in [1.29, 1.82) is 0 Å². The topological polar surface area (TPSA) is 69.7 Å². The van der Waals surface area contributed by atoms with E-state index in [1.54, 1.807) is 0 Å². The molecule has 2 aromatic heterocycles. The molecular formula is C25H23F3N6. The molecule has 1 aliphatic rings. The molecule has 3 heterocycles. The van der Waals surface area contributed by atoms with Crippen LogP contribution in [0.2, 0.25) is 0 Å². The molecule has 2 aromatic carbocycles. The van der Waals surface area contributed by atoms with Crippen LogP contribution in [-0.4, -0.2) is 31.6 Å². The number of nitrogens with one attached hydrogen (secondary N) is 2. The van der Waals surface area contributed by atoms with Gasteiger partial charge < -0.3 is 5.32 Å². The third-order valence-electron chi connectivity index (χ3n) is 5.81. The van der Waals surface area contributed by atoms with Gasteiger partial charge in [0.15, 0.2) is 11.6 Å². The number of hydrogen-bond acceptors (Lipinski definition) is 5. The maximum atomic E-state index is 13.0. The number of rotatable bonds is 5. The number of nitrogens with zero attached hydrogens (tertiary/aromatic N) is 4. The van der Waals surface area contributed by atoms with Crippen molar-refractivity contribution in [3.05, 3.63) is 88.7 Å². The summed E-state index contributed by atoms with van der Waals surface area (Å²) in [5.41, 5.74) is 3.83. The first-order valence-corrected chi connectivity index (χ1v) is 11.0. The first kappa shape index (κ1) is 22.1. The zero-order valence-electron chi connectivity index (χ0n) is 18.5. The third-order valence-corrected chi connectivity index (χ3v) is 5.81. The third kappa shape index (κ3) is 4.79. The SMILES string of the molecule is Cc1cc(Nc2nc(-c3ccc(C(F)(F)F)cc3)nc3c2CN(Cc2ccccc2)CC3)n[nH]1. The minimum absolute atomic E-state index is 0.388. The second kappa shape index (κ2) is 8.90. The number of anilines is 2. The lowest BCUT2D eigenvalue weighted by Gasteiger charge is -2.29. The lowest BCUT2D eigenvalue weighted by molar-refractivity contribution is -0.137. The Morgan fingerprint density at radius 3 is 2.47 bits per heavy atom. The van der Waals surface area contributed by atoms with Gasteiger partial charge in [-0.25, -0.2) is 9.97 Å². The van der Waals surface area contributed by atoms with Crippen molar-refractivity contribution in [2.24, 2.45) is 0 Å². The molecule has 4 aromatic rings. The molecule has 5 rings (SSSR count). The number of aromatic nitrogens is 4. The van der Waals surface area contributed by atoms with Crippen LogP contribution in [0.1, 0.15) is 28.1 Å². The van der Waals surface area contributed by atoms with Crippen molar-refractivity contribution in [2.75, 3.05) is 11.9 Å². The smallest absolute Gasteiger partial charge is 0.323 e. The summed E-state index contributed by atoms with van der Waals surface area (Å²) in [4.78, 5) is 11.8. The van der Waals surface area contributed by atoms with Crippen molar-refractivity contribution in [3.8, 4) is 11.4 Å². The average molecular weight is 464 g/mol. The van der Waals surface area contributed by atoms with Crippen LogP contribution in [0.15, 0.2) is 60.7 Å². The molecule has 0 saturated heterocycles. The van der Waals surface area contributed by atoms with Crippen LogP contribution >= 0.6 is 0 Å². The fourth-order valence-electron chi connectivity index (χ4n) is 4.09. The molecule has 0 saturated carbocycles. The first-order chi connectivity index (χ1) is 16.3. The highest BCUT2D eigenvalue weighted by atomic mass is 19.4. The maximum absolute atomic E-state index is 13.0. The number of fused-ring (bicyclic) bond motifs is 1. The number of alkyl halides is 3. The summed E-state index contributed by atoms with van der Waals surface area (Å²) in [6, 6.07) is 17.1. The minimum Gasteiger partial charge on any atom is -0.323 e. The van der Waals surface area contributed by atoms with Crippen molar-refractivity contribution in [3.63, 3.8) is 0 Å². The van der Waals surface area contributed by atoms with Crippen LogP contribution in [-0.2, 0) is 25.7 Å². The highest BCUT2D eigenvalue weighted by Crippen LogP contribution is 2.32. The molecule has 174 valence electrons. The Bertz CT molecular complexity index is 1280. The normalized spacial score (nSPS) is 14.1. The zero-order valence-corrected chi connectivity index (χ0v) is 18.5. The van der Waals surface area contributed by atoms with E-state index in [9.17, 15) is 13.2 Å². The van der Waals surface area contributed by atoms with E-state index in [4.69, 9.17) is 9.97 Å². The predicted molar refractivity (Wildman–Crippen MR) is 123 cm³/mol. The lowest BCUT2D eigenvalue weighted by atomic mass is 10.0. The lowest BCUT2D eigenvalue weighted by Crippen LogP contribution is -2.31. The molecular weight excluding hydrogens is 441 g/mol. The van der Waals surface area contributed by atoms with Gasteiger partial charge in [0.1, 0.15) is 5.82 Å². The van der Waals surface area contributed by atoms with Gasteiger partial charge in [-0.05, 0) is 24.6 Å². The largest absolute Gasteiger partial charge is 0.416 e. The summed E-state index contributed by atoms with van der Waals surface area (Å²) in [5, 5.41) is 10.4. The molecule has 0 atom stereocenters. The molecule has 0 amide bonds. The Morgan fingerprint density at radius 1 is 1.03 bits per heavy atom. The number of aromatic amines is 1. The van der Waals surface area contributed by atoms with E-state index in [0.29, 0.717) is 36.0 Å². The van der Waals surface area contributed by atoms with Crippen LogP contribution < -0.4 is 5.32 Å². The number of benzene rings is 2. The molecule has 2 N–H and O–H groups in total. The van der Waals surface area contributed by atoms with Crippen molar-refractivity contribution in [2.45, 2.75) is 32.6 Å². The Labute approximate surface area is 194 Å². The second-order valence-corrected chi connectivity index (χ2v) is 8.40. The van der Waals surface area contributed by atoms with Gasteiger partial charge in [-0.15, -0.1) is 0 Å². The fourth-order valence-corrected chi connectivity index (χ4v) is 4.09. The van der Waals surface area contributed by atoms with Gasteiger partial charge >= 0.3 is 6.18 Å². The monoisotopic (exact) mass is 464 g/mol. The summed E-state index contributed by atoms with van der Waals surface area (Å²) < 4.78 is 39.0. The Balaban J connectivity index is 1.49. The van der Waals surface area contributed by atoms with E-state index >= 15 is 0 Å². The van der Waals surface area contributed by atoms with Crippen LogP contribution in [0.5, 0.6) is 0 Å². The van der Waals surface area contributed by atoms with Crippen LogP contribution in [0.4, 0.5) is 24.8 Å². The molecule has 0 radical (unpaired) electrons. The number of halogens is 3. The van der Waals surface area contributed by atoms with E-state index in [0.717, 1.165) is 42.2 Å². The maximum Gasteiger partial charge on any atom is 0.416 e. The minimum atomic E-state index is -4.39. The molecule has 9 heteroatoms. The molecule has 0 fully saturated rings. The van der Waals surface area contributed by atoms with E-state index in [1.165, 1.54) is 17.7 Å². The second-order valence-electron chi connectivity index (χ2n) is 8.40. The van der Waals surface area contributed by atoms with Crippen molar-refractivity contribution >= 4 is 11.6 Å². The zero-order chi connectivity index (χ0) is 23.7. The number of aryl methyl sites for hydroxylation is 1. The molecule has 1 aliphatic heterocycles. The molecule has 0 spiro atoms. The Hall–Kier alpha value is -3.72. The number of hydrogen-bond donors (Lipinski definition) is 2. The fraction of sp³-hybridized carbons (Fsp3) is 0.240. The van der Waals surface area contributed by atoms with E-state index in [1.807, 2.05) is 31.2 Å². The molecule has 0 bridgehead atoms. The molecule has 0 aliphatic carbocycles. The van der Waals surface area contributed by atoms with Crippen LogP contribution in [0, 0.1) is 6.92 Å². The van der Waals surface area contributed by atoms with E-state index in [2.05, 4.69) is 32.5 Å². The Kier molecular flexibility index (Phi) is 5.79.